The number of cyclic esters (lactones) is 1. The molecule has 1 aliphatic heterocycles. The van der Waals surface area contributed by atoms with Crippen LogP contribution >= 0.6 is 0 Å². The summed E-state index contributed by atoms with van der Waals surface area (Å²) in [7, 11) is 0. The molecule has 0 aliphatic carbocycles. The number of carbonyl (C=O) groups excluding carboxylic acids is 3. The summed E-state index contributed by atoms with van der Waals surface area (Å²) in [4.78, 5) is 36.5. The van der Waals surface area contributed by atoms with Crippen LogP contribution < -0.4 is 0 Å². The monoisotopic (exact) mass is 343 g/mol. The van der Waals surface area contributed by atoms with Crippen molar-refractivity contribution in [3.8, 4) is 5.69 Å². The number of nitrogens with zero attached hydrogens (tertiary/aromatic N) is 3. The van der Waals surface area contributed by atoms with Gasteiger partial charge in [0.25, 0.3) is 5.91 Å². The highest BCUT2D eigenvalue weighted by Crippen LogP contribution is 2.19. The third kappa shape index (κ3) is 3.23. The number of benzene rings is 1. The molecule has 2 heterocycles. The summed E-state index contributed by atoms with van der Waals surface area (Å²) in [6.07, 6.45) is -0.717. The molecule has 1 aromatic carbocycles. The van der Waals surface area contributed by atoms with E-state index in [0.717, 1.165) is 10.6 Å². The fourth-order valence-electron chi connectivity index (χ4n) is 2.66. The number of imide groups is 1. The topological polar surface area (TPSA) is 90.7 Å². The minimum Gasteiger partial charge on any atom is -0.452 e. The van der Waals surface area contributed by atoms with E-state index >= 15 is 0 Å². The minimum atomic E-state index is -0.717. The molecule has 1 aliphatic rings. The van der Waals surface area contributed by atoms with Crippen LogP contribution in [0.3, 0.4) is 0 Å². The molecule has 8 nitrogen and oxygen atoms in total. The maximum Gasteiger partial charge on any atom is 0.416 e. The Morgan fingerprint density at radius 2 is 1.96 bits per heavy atom. The number of rotatable bonds is 4. The van der Waals surface area contributed by atoms with E-state index in [4.69, 9.17) is 4.74 Å². The van der Waals surface area contributed by atoms with Crippen LogP contribution in [0.4, 0.5) is 4.79 Å². The Morgan fingerprint density at radius 1 is 1.24 bits per heavy atom. The van der Waals surface area contributed by atoms with Gasteiger partial charge in [-0.05, 0) is 26.0 Å². The van der Waals surface area contributed by atoms with Gasteiger partial charge in [0, 0.05) is 0 Å². The number of hydrogen-bond donors (Lipinski definition) is 0. The van der Waals surface area contributed by atoms with Gasteiger partial charge < -0.3 is 9.47 Å². The molecule has 0 unspecified atom stereocenters. The van der Waals surface area contributed by atoms with Crippen LogP contribution in [0, 0.1) is 13.8 Å². The zero-order valence-electron chi connectivity index (χ0n) is 13.9. The van der Waals surface area contributed by atoms with Crippen molar-refractivity contribution >= 4 is 18.0 Å². The first-order valence-electron chi connectivity index (χ1n) is 7.75. The third-order valence-electron chi connectivity index (χ3n) is 3.88. The van der Waals surface area contributed by atoms with Crippen LogP contribution in [0.15, 0.2) is 30.3 Å². The molecular formula is C17H17N3O5. The fraction of sp³-hybridized carbons (Fsp3) is 0.294. The van der Waals surface area contributed by atoms with Crippen LogP contribution in [0.5, 0.6) is 0 Å². The van der Waals surface area contributed by atoms with E-state index in [9.17, 15) is 14.4 Å². The Labute approximate surface area is 143 Å². The molecule has 25 heavy (non-hydrogen) atoms. The summed E-state index contributed by atoms with van der Waals surface area (Å²) >= 11 is 0. The molecule has 8 heteroatoms. The lowest BCUT2D eigenvalue weighted by molar-refractivity contribution is -0.131. The van der Waals surface area contributed by atoms with Crippen molar-refractivity contribution in [3.63, 3.8) is 0 Å². The molecule has 130 valence electrons. The van der Waals surface area contributed by atoms with E-state index in [1.165, 1.54) is 0 Å². The van der Waals surface area contributed by atoms with E-state index in [1.54, 1.807) is 18.5 Å². The van der Waals surface area contributed by atoms with Crippen molar-refractivity contribution in [2.75, 3.05) is 19.8 Å². The van der Waals surface area contributed by atoms with Gasteiger partial charge in [-0.1, -0.05) is 18.2 Å². The highest BCUT2D eigenvalue weighted by atomic mass is 16.6. The predicted octanol–water partition coefficient (Wildman–Crippen LogP) is 1.62. The maximum absolute atomic E-state index is 12.4. The summed E-state index contributed by atoms with van der Waals surface area (Å²) in [5, 5.41) is 4.36. The molecule has 2 amide bonds. The highest BCUT2D eigenvalue weighted by Gasteiger charge is 2.29. The van der Waals surface area contributed by atoms with Gasteiger partial charge in [0.1, 0.15) is 12.2 Å². The van der Waals surface area contributed by atoms with Crippen LogP contribution in [-0.2, 0) is 14.3 Å². The molecular weight excluding hydrogens is 326 g/mol. The van der Waals surface area contributed by atoms with E-state index in [-0.39, 0.29) is 13.2 Å². The number of amides is 2. The van der Waals surface area contributed by atoms with E-state index in [1.807, 2.05) is 30.3 Å². The Kier molecular flexibility index (Phi) is 4.51. The molecule has 0 radical (unpaired) electrons. The first kappa shape index (κ1) is 16.7. The highest BCUT2D eigenvalue weighted by molar-refractivity contribution is 5.97. The van der Waals surface area contributed by atoms with Crippen molar-refractivity contribution < 1.29 is 23.9 Å². The van der Waals surface area contributed by atoms with Crippen molar-refractivity contribution in [1.29, 1.82) is 0 Å². The molecule has 0 atom stereocenters. The van der Waals surface area contributed by atoms with Gasteiger partial charge in [-0.3, -0.25) is 4.79 Å². The second-order valence-electron chi connectivity index (χ2n) is 5.53. The van der Waals surface area contributed by atoms with Gasteiger partial charge in [-0.25, -0.2) is 19.2 Å². The van der Waals surface area contributed by atoms with Crippen molar-refractivity contribution in [2.24, 2.45) is 0 Å². The standard InChI is InChI=1S/C17H17N3O5/c1-11-15(12(2)20(18-11)13-6-4-3-5-7-13)16(22)25-10-14(21)19-8-9-24-17(19)23/h3-7H,8-10H2,1-2H3. The van der Waals surface area contributed by atoms with Crippen LogP contribution in [-0.4, -0.2) is 52.4 Å². The lowest BCUT2D eigenvalue weighted by Crippen LogP contribution is -2.35. The van der Waals surface area contributed by atoms with Gasteiger partial charge >= 0.3 is 12.1 Å². The maximum atomic E-state index is 12.4. The van der Waals surface area contributed by atoms with Gasteiger partial charge in [0.05, 0.1) is 23.6 Å². The number of aromatic nitrogens is 2. The predicted molar refractivity (Wildman–Crippen MR) is 86.4 cm³/mol. The lowest BCUT2D eigenvalue weighted by atomic mass is 10.2. The first-order chi connectivity index (χ1) is 12.0. The SMILES string of the molecule is Cc1nn(-c2ccccc2)c(C)c1C(=O)OCC(=O)N1CCOC1=O. The number of esters is 1. The molecule has 1 aromatic heterocycles. The number of para-hydroxylation sites is 1. The minimum absolute atomic E-state index is 0.153. The zero-order chi connectivity index (χ0) is 18.0. The summed E-state index contributed by atoms with van der Waals surface area (Å²) in [5.74, 6) is -1.26. The molecule has 1 fully saturated rings. The average molecular weight is 343 g/mol. The quantitative estimate of drug-likeness (QED) is 0.784. The average Bonchev–Trinajstić information content (AvgIpc) is 3.16. The van der Waals surface area contributed by atoms with Crippen LogP contribution in [0.25, 0.3) is 5.69 Å². The van der Waals surface area contributed by atoms with Crippen molar-refractivity contribution in [2.45, 2.75) is 13.8 Å². The molecule has 2 aromatic rings. The third-order valence-corrected chi connectivity index (χ3v) is 3.88. The van der Waals surface area contributed by atoms with Crippen LogP contribution in [0.2, 0.25) is 0 Å². The van der Waals surface area contributed by atoms with Gasteiger partial charge in [-0.15, -0.1) is 0 Å². The smallest absolute Gasteiger partial charge is 0.416 e. The zero-order valence-corrected chi connectivity index (χ0v) is 13.9. The van der Waals surface area contributed by atoms with Crippen LogP contribution in [0.1, 0.15) is 21.7 Å². The number of aryl methyl sites for hydroxylation is 1. The molecule has 0 spiro atoms. The van der Waals surface area contributed by atoms with Gasteiger partial charge in [-0.2, -0.15) is 5.10 Å². The van der Waals surface area contributed by atoms with Gasteiger partial charge in [0.2, 0.25) is 0 Å². The molecule has 1 saturated heterocycles. The first-order valence-corrected chi connectivity index (χ1v) is 7.75. The Hall–Kier alpha value is -3.16. The lowest BCUT2D eigenvalue weighted by Gasteiger charge is -2.11. The summed E-state index contributed by atoms with van der Waals surface area (Å²) in [5.41, 5.74) is 2.24. The Balaban J connectivity index is 1.73. The molecule has 0 bridgehead atoms. The number of hydrogen-bond acceptors (Lipinski definition) is 6. The molecule has 0 N–H and O–H groups in total. The summed E-state index contributed by atoms with van der Waals surface area (Å²) in [6, 6.07) is 9.38. The number of carbonyl (C=O) groups is 3. The Bertz CT molecular complexity index is 828. The number of ether oxygens (including phenoxy) is 2. The molecule has 3 rings (SSSR count). The van der Waals surface area contributed by atoms with E-state index in [0.29, 0.717) is 17.0 Å². The second-order valence-corrected chi connectivity index (χ2v) is 5.53. The summed E-state index contributed by atoms with van der Waals surface area (Å²) in [6.45, 7) is 3.25. The summed E-state index contributed by atoms with van der Waals surface area (Å²) < 4.78 is 11.4. The normalized spacial score (nSPS) is 13.7. The van der Waals surface area contributed by atoms with Crippen molar-refractivity contribution in [1.82, 2.24) is 14.7 Å². The second kappa shape index (κ2) is 6.76. The largest absolute Gasteiger partial charge is 0.452 e. The van der Waals surface area contributed by atoms with Gasteiger partial charge in [0.15, 0.2) is 6.61 Å². The van der Waals surface area contributed by atoms with E-state index < -0.39 is 24.6 Å². The molecule has 0 saturated carbocycles. The van der Waals surface area contributed by atoms with E-state index in [2.05, 4.69) is 9.84 Å². The van der Waals surface area contributed by atoms with Crippen molar-refractivity contribution in [3.05, 3.63) is 47.3 Å². The Morgan fingerprint density at radius 3 is 2.60 bits per heavy atom. The fourth-order valence-corrected chi connectivity index (χ4v) is 2.66.